The van der Waals surface area contributed by atoms with Crippen LogP contribution in [0.4, 0.5) is 9.59 Å². The van der Waals surface area contributed by atoms with E-state index in [1.54, 1.807) is 65.8 Å². The number of amides is 2. The topological polar surface area (TPSA) is 124 Å². The highest BCUT2D eigenvalue weighted by Crippen LogP contribution is 2.19. The van der Waals surface area contributed by atoms with Gasteiger partial charge in [-0.3, -0.25) is 0 Å². The van der Waals surface area contributed by atoms with E-state index in [2.05, 4.69) is 20.9 Å². The van der Waals surface area contributed by atoms with Crippen LogP contribution in [-0.4, -0.2) is 56.9 Å². The largest absolute Gasteiger partial charge is 0.458 e. The Bertz CT molecular complexity index is 1010. The summed E-state index contributed by atoms with van der Waals surface area (Å²) in [6, 6.07) is 5.77. The number of hydrogen-bond acceptors (Lipinski definition) is 7. The number of aromatic nitrogens is 3. The van der Waals surface area contributed by atoms with Crippen molar-refractivity contribution in [3.05, 3.63) is 35.5 Å². The summed E-state index contributed by atoms with van der Waals surface area (Å²) in [4.78, 5) is 37.1. The zero-order chi connectivity index (χ0) is 26.2. The van der Waals surface area contributed by atoms with Crippen LogP contribution in [0.1, 0.15) is 60.8 Å². The standard InChI is InChI=1S/C24H34ClN5O5/c1-23(2,3)34-20(31)18(27-22(33)35-24(4,5)6)9-7-8-14-26-21(32)30-15-19(28-29-30)16-10-12-17(25)13-11-16/h10-13,15,18H,7-9,14H2,1-6H3,(H,26,32)(H,27,33)/t18-/m0/s1. The molecule has 2 rings (SSSR count). The number of benzene rings is 1. The summed E-state index contributed by atoms with van der Waals surface area (Å²) < 4.78 is 11.8. The lowest BCUT2D eigenvalue weighted by molar-refractivity contribution is -0.157. The highest BCUT2D eigenvalue weighted by atomic mass is 35.5. The summed E-state index contributed by atoms with van der Waals surface area (Å²) in [5.74, 6) is -0.537. The number of ether oxygens (including phenoxy) is 2. The van der Waals surface area contributed by atoms with Gasteiger partial charge in [-0.2, -0.15) is 4.68 Å². The van der Waals surface area contributed by atoms with Crippen molar-refractivity contribution >= 4 is 29.7 Å². The van der Waals surface area contributed by atoms with E-state index in [1.807, 2.05) is 0 Å². The molecule has 0 fully saturated rings. The predicted molar refractivity (Wildman–Crippen MR) is 132 cm³/mol. The Balaban J connectivity index is 1.84. The minimum Gasteiger partial charge on any atom is -0.458 e. The van der Waals surface area contributed by atoms with Crippen LogP contribution in [0, 0.1) is 0 Å². The Kier molecular flexibility index (Phi) is 9.64. The van der Waals surface area contributed by atoms with E-state index >= 15 is 0 Å². The molecule has 1 atom stereocenters. The summed E-state index contributed by atoms with van der Waals surface area (Å²) in [7, 11) is 0. The lowest BCUT2D eigenvalue weighted by atomic mass is 10.1. The van der Waals surface area contributed by atoms with Gasteiger partial charge in [-0.15, -0.1) is 5.10 Å². The quantitative estimate of drug-likeness (QED) is 0.396. The monoisotopic (exact) mass is 507 g/mol. The Morgan fingerprint density at radius 3 is 2.23 bits per heavy atom. The van der Waals surface area contributed by atoms with Crippen LogP contribution in [0.5, 0.6) is 0 Å². The Morgan fingerprint density at radius 2 is 1.63 bits per heavy atom. The van der Waals surface area contributed by atoms with Gasteiger partial charge in [-0.25, -0.2) is 14.4 Å². The fourth-order valence-corrected chi connectivity index (χ4v) is 3.06. The first-order valence-electron chi connectivity index (χ1n) is 11.4. The summed E-state index contributed by atoms with van der Waals surface area (Å²) in [5.41, 5.74) is -0.0483. The third-order valence-electron chi connectivity index (χ3n) is 4.42. The number of carbonyl (C=O) groups excluding carboxylic acids is 3. The fraction of sp³-hybridized carbons (Fsp3) is 0.542. The molecule has 1 aromatic carbocycles. The van der Waals surface area contributed by atoms with E-state index in [9.17, 15) is 14.4 Å². The van der Waals surface area contributed by atoms with Crippen molar-refractivity contribution in [2.45, 2.75) is 78.0 Å². The van der Waals surface area contributed by atoms with Crippen molar-refractivity contribution in [2.24, 2.45) is 0 Å². The Hall–Kier alpha value is -3.14. The molecule has 2 amide bonds. The summed E-state index contributed by atoms with van der Waals surface area (Å²) in [5, 5.41) is 13.8. The minimum atomic E-state index is -0.864. The van der Waals surface area contributed by atoms with Crippen molar-refractivity contribution < 1.29 is 23.9 Å². The summed E-state index contributed by atoms with van der Waals surface area (Å²) in [6.07, 6.45) is 2.28. The second-order valence-electron chi connectivity index (χ2n) is 10.0. The van der Waals surface area contributed by atoms with Crippen molar-refractivity contribution in [2.75, 3.05) is 6.54 Å². The van der Waals surface area contributed by atoms with Gasteiger partial charge in [0.1, 0.15) is 22.9 Å². The molecule has 2 aromatic rings. The number of unbranched alkanes of at least 4 members (excludes halogenated alkanes) is 1. The molecular weight excluding hydrogens is 474 g/mol. The molecule has 192 valence electrons. The molecule has 11 heteroatoms. The SMILES string of the molecule is CC(C)(C)OC(=O)N[C@@H](CCCCNC(=O)n1cc(-c2ccc(Cl)cc2)nn1)C(=O)OC(C)(C)C. The average Bonchev–Trinajstić information content (AvgIpc) is 3.20. The van der Waals surface area contributed by atoms with Crippen LogP contribution < -0.4 is 10.6 Å². The molecule has 0 aliphatic heterocycles. The molecule has 0 saturated carbocycles. The van der Waals surface area contributed by atoms with Crippen LogP contribution in [0.25, 0.3) is 11.3 Å². The number of alkyl carbamates (subject to hydrolysis) is 1. The number of rotatable bonds is 8. The van der Waals surface area contributed by atoms with Gasteiger partial charge in [-0.05, 0) is 72.9 Å². The fourth-order valence-electron chi connectivity index (χ4n) is 2.94. The maximum Gasteiger partial charge on any atom is 0.408 e. The molecule has 35 heavy (non-hydrogen) atoms. The lowest BCUT2D eigenvalue weighted by Gasteiger charge is -2.26. The maximum atomic E-state index is 12.6. The number of hydrogen-bond donors (Lipinski definition) is 2. The molecule has 0 aliphatic rings. The van der Waals surface area contributed by atoms with Gasteiger partial charge in [0, 0.05) is 17.1 Å². The molecule has 2 N–H and O–H groups in total. The normalized spacial score (nSPS) is 12.5. The molecular formula is C24H34ClN5O5. The van der Waals surface area contributed by atoms with Crippen molar-refractivity contribution in [1.82, 2.24) is 25.6 Å². The predicted octanol–water partition coefficient (Wildman–Crippen LogP) is 4.56. The highest BCUT2D eigenvalue weighted by Gasteiger charge is 2.28. The zero-order valence-corrected chi connectivity index (χ0v) is 21.8. The molecule has 0 radical (unpaired) electrons. The maximum absolute atomic E-state index is 12.6. The first-order valence-corrected chi connectivity index (χ1v) is 11.8. The first-order chi connectivity index (χ1) is 16.2. The van der Waals surface area contributed by atoms with Crippen LogP contribution >= 0.6 is 11.6 Å². The zero-order valence-electron chi connectivity index (χ0n) is 21.1. The number of halogens is 1. The number of carbonyl (C=O) groups is 3. The van der Waals surface area contributed by atoms with E-state index in [0.717, 1.165) is 10.2 Å². The van der Waals surface area contributed by atoms with Gasteiger partial charge < -0.3 is 20.1 Å². The van der Waals surface area contributed by atoms with Crippen LogP contribution in [0.2, 0.25) is 5.02 Å². The molecule has 1 aromatic heterocycles. The summed E-state index contributed by atoms with van der Waals surface area (Å²) >= 11 is 5.89. The van der Waals surface area contributed by atoms with Crippen LogP contribution in [0.3, 0.4) is 0 Å². The highest BCUT2D eigenvalue weighted by molar-refractivity contribution is 6.30. The van der Waals surface area contributed by atoms with E-state index in [-0.39, 0.29) is 0 Å². The molecule has 0 unspecified atom stereocenters. The van der Waals surface area contributed by atoms with Gasteiger partial charge in [0.15, 0.2) is 0 Å². The Morgan fingerprint density at radius 1 is 1.00 bits per heavy atom. The summed E-state index contributed by atoms with van der Waals surface area (Å²) in [6.45, 7) is 10.8. The first kappa shape index (κ1) is 28.1. The average molecular weight is 508 g/mol. The third kappa shape index (κ3) is 10.3. The molecule has 1 heterocycles. The smallest absolute Gasteiger partial charge is 0.408 e. The van der Waals surface area contributed by atoms with Crippen LogP contribution in [-0.2, 0) is 14.3 Å². The Labute approximate surface area is 210 Å². The van der Waals surface area contributed by atoms with Crippen molar-refractivity contribution in [1.29, 1.82) is 0 Å². The van der Waals surface area contributed by atoms with Gasteiger partial charge in [-0.1, -0.05) is 28.9 Å². The van der Waals surface area contributed by atoms with Gasteiger partial charge in [0.25, 0.3) is 0 Å². The minimum absolute atomic E-state index is 0.327. The van der Waals surface area contributed by atoms with E-state index in [0.29, 0.717) is 36.5 Å². The molecule has 10 nitrogen and oxygen atoms in total. The molecule has 0 aliphatic carbocycles. The number of nitrogens with one attached hydrogen (secondary N) is 2. The van der Waals surface area contributed by atoms with E-state index in [4.69, 9.17) is 21.1 Å². The number of nitrogens with zero attached hydrogens (tertiary/aromatic N) is 3. The number of esters is 1. The van der Waals surface area contributed by atoms with Crippen LogP contribution in [0.15, 0.2) is 30.5 Å². The third-order valence-corrected chi connectivity index (χ3v) is 4.67. The van der Waals surface area contributed by atoms with E-state index in [1.165, 1.54) is 6.20 Å². The van der Waals surface area contributed by atoms with E-state index < -0.39 is 35.3 Å². The molecule has 0 spiro atoms. The van der Waals surface area contributed by atoms with Crippen molar-refractivity contribution in [3.63, 3.8) is 0 Å². The second-order valence-corrected chi connectivity index (χ2v) is 10.5. The van der Waals surface area contributed by atoms with Gasteiger partial charge in [0.05, 0.1) is 6.20 Å². The molecule has 0 saturated heterocycles. The van der Waals surface area contributed by atoms with Gasteiger partial charge in [0.2, 0.25) is 0 Å². The lowest BCUT2D eigenvalue weighted by Crippen LogP contribution is -2.46. The van der Waals surface area contributed by atoms with Gasteiger partial charge >= 0.3 is 18.1 Å². The van der Waals surface area contributed by atoms with Crippen molar-refractivity contribution in [3.8, 4) is 11.3 Å². The second kappa shape index (κ2) is 12.0. The molecule has 0 bridgehead atoms.